The number of carbonyl (C=O) groups excluding carboxylic acids is 1. The van der Waals surface area contributed by atoms with Gasteiger partial charge in [-0.3, -0.25) is 4.79 Å². The van der Waals surface area contributed by atoms with Crippen molar-refractivity contribution in [3.8, 4) is 0 Å². The van der Waals surface area contributed by atoms with Crippen LogP contribution in [-0.4, -0.2) is 23.2 Å². The summed E-state index contributed by atoms with van der Waals surface area (Å²) in [6.07, 6.45) is 8.26. The van der Waals surface area contributed by atoms with Crippen LogP contribution in [0.1, 0.15) is 32.1 Å². The molecule has 1 aromatic carbocycles. The number of hydrogen-bond donors (Lipinski definition) is 1. The molecule has 1 aliphatic rings. The summed E-state index contributed by atoms with van der Waals surface area (Å²) < 4.78 is 5.58. The van der Waals surface area contributed by atoms with Gasteiger partial charge < -0.3 is 9.73 Å². The molecule has 0 bridgehead atoms. The van der Waals surface area contributed by atoms with Crippen LogP contribution in [0.4, 0.5) is 0 Å². The van der Waals surface area contributed by atoms with Crippen LogP contribution in [0.3, 0.4) is 0 Å². The van der Waals surface area contributed by atoms with Gasteiger partial charge in [0.1, 0.15) is 5.52 Å². The number of oxazole rings is 1. The van der Waals surface area contributed by atoms with E-state index in [0.29, 0.717) is 11.0 Å². The smallest absolute Gasteiger partial charge is 0.257 e. The highest BCUT2D eigenvalue weighted by molar-refractivity contribution is 7.99. The lowest BCUT2D eigenvalue weighted by Crippen LogP contribution is -2.26. The summed E-state index contributed by atoms with van der Waals surface area (Å²) in [7, 11) is 0. The van der Waals surface area contributed by atoms with Crippen LogP contribution in [0.2, 0.25) is 0 Å². The second-order valence-electron chi connectivity index (χ2n) is 5.44. The Kier molecular flexibility index (Phi) is 5.16. The van der Waals surface area contributed by atoms with Crippen molar-refractivity contribution >= 4 is 28.8 Å². The molecule has 3 rings (SSSR count). The molecule has 1 amide bonds. The minimum atomic E-state index is 0.0312. The first-order chi connectivity index (χ1) is 10.8. The number of thioether (sulfide) groups is 1. The van der Waals surface area contributed by atoms with E-state index in [1.165, 1.54) is 43.0 Å². The first-order valence-corrected chi connectivity index (χ1v) is 8.73. The Labute approximate surface area is 134 Å². The summed E-state index contributed by atoms with van der Waals surface area (Å²) in [5.74, 6) is 0.370. The van der Waals surface area contributed by atoms with E-state index in [1.807, 2.05) is 24.3 Å². The molecule has 0 saturated heterocycles. The number of carbonyl (C=O) groups is 1. The van der Waals surface area contributed by atoms with Crippen molar-refractivity contribution < 1.29 is 9.21 Å². The number of benzene rings is 1. The summed E-state index contributed by atoms with van der Waals surface area (Å²) >= 11 is 1.34. The molecule has 1 aromatic heterocycles. The average Bonchev–Trinajstić information content (AvgIpc) is 2.97. The van der Waals surface area contributed by atoms with Crippen molar-refractivity contribution in [2.75, 3.05) is 12.3 Å². The maximum Gasteiger partial charge on any atom is 0.257 e. The lowest BCUT2D eigenvalue weighted by atomic mass is 9.97. The molecule has 4 nitrogen and oxygen atoms in total. The summed E-state index contributed by atoms with van der Waals surface area (Å²) in [5.41, 5.74) is 3.07. The molecule has 0 saturated carbocycles. The van der Waals surface area contributed by atoms with Gasteiger partial charge in [0.25, 0.3) is 5.22 Å². The van der Waals surface area contributed by atoms with Crippen LogP contribution in [0.25, 0.3) is 11.1 Å². The van der Waals surface area contributed by atoms with Crippen molar-refractivity contribution in [1.82, 2.24) is 10.3 Å². The van der Waals surface area contributed by atoms with Gasteiger partial charge in [-0.15, -0.1) is 0 Å². The highest BCUT2D eigenvalue weighted by Crippen LogP contribution is 2.23. The summed E-state index contributed by atoms with van der Waals surface area (Å²) in [5, 5.41) is 3.51. The number of amides is 1. The van der Waals surface area contributed by atoms with E-state index in [0.717, 1.165) is 24.1 Å². The first-order valence-electron chi connectivity index (χ1n) is 7.74. The van der Waals surface area contributed by atoms with Gasteiger partial charge in [-0.1, -0.05) is 35.5 Å². The zero-order chi connectivity index (χ0) is 15.2. The van der Waals surface area contributed by atoms with Crippen LogP contribution in [0, 0.1) is 0 Å². The second kappa shape index (κ2) is 7.49. The quantitative estimate of drug-likeness (QED) is 0.648. The lowest BCUT2D eigenvalue weighted by molar-refractivity contribution is -0.118. The molecule has 2 aromatic rings. The number of allylic oxidation sites excluding steroid dienone is 1. The largest absolute Gasteiger partial charge is 0.431 e. The van der Waals surface area contributed by atoms with Crippen LogP contribution in [0.5, 0.6) is 0 Å². The predicted octanol–water partition coefficient (Wildman–Crippen LogP) is 3.93. The molecule has 0 spiro atoms. The molecule has 1 heterocycles. The van der Waals surface area contributed by atoms with Gasteiger partial charge in [0, 0.05) is 6.54 Å². The van der Waals surface area contributed by atoms with Gasteiger partial charge in [0.05, 0.1) is 5.75 Å². The number of rotatable bonds is 6. The van der Waals surface area contributed by atoms with Gasteiger partial charge in [-0.05, 0) is 44.2 Å². The van der Waals surface area contributed by atoms with Crippen LogP contribution in [-0.2, 0) is 4.79 Å². The Bertz CT molecular complexity index is 645. The van der Waals surface area contributed by atoms with Crippen LogP contribution in [0.15, 0.2) is 45.6 Å². The van der Waals surface area contributed by atoms with Gasteiger partial charge >= 0.3 is 0 Å². The van der Waals surface area contributed by atoms with Crippen molar-refractivity contribution in [3.05, 3.63) is 35.9 Å². The molecule has 0 atom stereocenters. The number of nitrogens with zero attached hydrogens (tertiary/aromatic N) is 1. The zero-order valence-electron chi connectivity index (χ0n) is 12.5. The van der Waals surface area contributed by atoms with Crippen molar-refractivity contribution in [1.29, 1.82) is 0 Å². The Morgan fingerprint density at radius 1 is 1.32 bits per heavy atom. The molecule has 0 unspecified atom stereocenters. The lowest BCUT2D eigenvalue weighted by Gasteiger charge is -2.12. The third-order valence-electron chi connectivity index (χ3n) is 3.75. The van der Waals surface area contributed by atoms with Crippen molar-refractivity contribution in [2.24, 2.45) is 0 Å². The number of hydrogen-bond acceptors (Lipinski definition) is 4. The topological polar surface area (TPSA) is 55.1 Å². The Morgan fingerprint density at radius 2 is 2.23 bits per heavy atom. The molecule has 1 aliphatic carbocycles. The fourth-order valence-electron chi connectivity index (χ4n) is 2.59. The van der Waals surface area contributed by atoms with E-state index in [9.17, 15) is 4.79 Å². The zero-order valence-corrected chi connectivity index (χ0v) is 13.3. The maximum absolute atomic E-state index is 11.9. The maximum atomic E-state index is 11.9. The monoisotopic (exact) mass is 316 g/mol. The fraction of sp³-hybridized carbons (Fsp3) is 0.412. The highest BCUT2D eigenvalue weighted by atomic mass is 32.2. The van der Waals surface area contributed by atoms with Crippen LogP contribution < -0.4 is 5.32 Å². The fourth-order valence-corrected chi connectivity index (χ4v) is 3.25. The van der Waals surface area contributed by atoms with Crippen molar-refractivity contribution in [2.45, 2.75) is 37.3 Å². The van der Waals surface area contributed by atoms with E-state index in [2.05, 4.69) is 16.4 Å². The van der Waals surface area contributed by atoms with Crippen LogP contribution >= 0.6 is 11.8 Å². The Hall–Kier alpha value is -1.75. The number of nitrogens with one attached hydrogen (secondary N) is 1. The minimum Gasteiger partial charge on any atom is -0.431 e. The highest BCUT2D eigenvalue weighted by Gasteiger charge is 2.09. The van der Waals surface area contributed by atoms with Gasteiger partial charge in [0.2, 0.25) is 5.91 Å². The molecule has 0 fully saturated rings. The first kappa shape index (κ1) is 15.2. The molecule has 116 valence electrons. The Balaban J connectivity index is 1.41. The molecular weight excluding hydrogens is 296 g/mol. The molecule has 0 aliphatic heterocycles. The van der Waals surface area contributed by atoms with E-state index in [1.54, 1.807) is 0 Å². The molecule has 1 N–H and O–H groups in total. The second-order valence-corrected chi connectivity index (χ2v) is 6.37. The van der Waals surface area contributed by atoms with E-state index in [-0.39, 0.29) is 5.91 Å². The van der Waals surface area contributed by atoms with Gasteiger partial charge in [-0.25, -0.2) is 4.98 Å². The third-order valence-corrected chi connectivity index (χ3v) is 4.58. The number of aromatic nitrogens is 1. The average molecular weight is 316 g/mol. The standard InChI is InChI=1S/C17H20N2O2S/c20-16(18-11-10-13-6-2-1-3-7-13)12-22-17-19-14-8-4-5-9-15(14)21-17/h4-6,8-9H,1-3,7,10-12H2,(H,18,20). The molecular formula is C17H20N2O2S. The predicted molar refractivity (Wildman–Crippen MR) is 88.9 cm³/mol. The third kappa shape index (κ3) is 4.13. The van der Waals surface area contributed by atoms with E-state index in [4.69, 9.17) is 4.42 Å². The summed E-state index contributed by atoms with van der Waals surface area (Å²) in [6, 6.07) is 7.62. The van der Waals surface area contributed by atoms with E-state index < -0.39 is 0 Å². The molecule has 5 heteroatoms. The summed E-state index contributed by atoms with van der Waals surface area (Å²) in [6.45, 7) is 0.721. The normalized spacial score (nSPS) is 14.8. The summed E-state index contributed by atoms with van der Waals surface area (Å²) in [4.78, 5) is 16.2. The molecule has 22 heavy (non-hydrogen) atoms. The van der Waals surface area contributed by atoms with Crippen molar-refractivity contribution in [3.63, 3.8) is 0 Å². The SMILES string of the molecule is O=C(CSc1nc2ccccc2o1)NCCC1=CCCCC1. The Morgan fingerprint density at radius 3 is 3.05 bits per heavy atom. The number of para-hydroxylation sites is 2. The van der Waals surface area contributed by atoms with Gasteiger partial charge in [-0.2, -0.15) is 0 Å². The van der Waals surface area contributed by atoms with Gasteiger partial charge in [0.15, 0.2) is 5.58 Å². The minimum absolute atomic E-state index is 0.0312. The molecule has 0 radical (unpaired) electrons. The van der Waals surface area contributed by atoms with E-state index >= 15 is 0 Å². The number of fused-ring (bicyclic) bond motifs is 1.